The Labute approximate surface area is 176 Å². The predicted molar refractivity (Wildman–Crippen MR) is 114 cm³/mol. The second-order valence-electron chi connectivity index (χ2n) is 7.01. The molecular weight excluding hydrogens is 403 g/mol. The third kappa shape index (κ3) is 4.07. The van der Waals surface area contributed by atoms with E-state index in [9.17, 15) is 14.0 Å². The second kappa shape index (κ2) is 8.47. The number of hydrogen-bond donors (Lipinski definition) is 2. The van der Waals surface area contributed by atoms with Crippen molar-refractivity contribution < 1.29 is 18.7 Å². The van der Waals surface area contributed by atoms with Crippen molar-refractivity contribution in [2.45, 2.75) is 13.0 Å². The van der Waals surface area contributed by atoms with Crippen LogP contribution in [0.4, 0.5) is 4.39 Å². The lowest BCUT2D eigenvalue weighted by Crippen LogP contribution is -2.33. The van der Waals surface area contributed by atoms with E-state index >= 15 is 0 Å². The number of benzene rings is 2. The number of nitrogens with one attached hydrogen (secondary N) is 2. The van der Waals surface area contributed by atoms with Crippen molar-refractivity contribution in [3.05, 3.63) is 64.5 Å². The smallest absolute Gasteiger partial charge is 0.278 e. The van der Waals surface area contributed by atoms with Gasteiger partial charge in [0.15, 0.2) is 11.5 Å². The molecule has 0 saturated heterocycles. The van der Waals surface area contributed by atoms with Crippen molar-refractivity contribution in [3.8, 4) is 11.5 Å². The van der Waals surface area contributed by atoms with Gasteiger partial charge in [-0.25, -0.2) is 9.37 Å². The Balaban J connectivity index is 1.43. The first-order chi connectivity index (χ1) is 15.0. The summed E-state index contributed by atoms with van der Waals surface area (Å²) >= 11 is 0. The molecule has 0 fully saturated rings. The largest absolute Gasteiger partial charge is 0.493 e. The summed E-state index contributed by atoms with van der Waals surface area (Å²) in [6.07, 6.45) is 1.89. The molecule has 0 bridgehead atoms. The summed E-state index contributed by atoms with van der Waals surface area (Å²) in [4.78, 5) is 32.3. The maximum absolute atomic E-state index is 13.5. The average Bonchev–Trinajstić information content (AvgIpc) is 3.14. The SMILES string of the molecule is COc1ccc(CCNC(=O)Cn2cnc3c([nH]c4ccc(F)cc43)c2=O)cc1OC. The Bertz CT molecular complexity index is 1330. The highest BCUT2D eigenvalue weighted by Crippen LogP contribution is 2.27. The van der Waals surface area contributed by atoms with Crippen LogP contribution in [0.3, 0.4) is 0 Å². The number of halogens is 1. The number of amides is 1. The minimum absolute atomic E-state index is 0.169. The minimum Gasteiger partial charge on any atom is -0.493 e. The lowest BCUT2D eigenvalue weighted by molar-refractivity contribution is -0.121. The monoisotopic (exact) mass is 424 g/mol. The highest BCUT2D eigenvalue weighted by molar-refractivity contribution is 6.04. The van der Waals surface area contributed by atoms with Gasteiger partial charge in [0.25, 0.3) is 5.56 Å². The summed E-state index contributed by atoms with van der Waals surface area (Å²) in [6, 6.07) is 9.74. The van der Waals surface area contributed by atoms with E-state index in [1.807, 2.05) is 18.2 Å². The molecule has 2 heterocycles. The number of rotatable bonds is 7. The van der Waals surface area contributed by atoms with Crippen LogP contribution in [-0.2, 0) is 17.8 Å². The number of carbonyl (C=O) groups is 1. The fraction of sp³-hybridized carbons (Fsp3) is 0.227. The number of nitrogens with zero attached hydrogens (tertiary/aromatic N) is 2. The zero-order valence-electron chi connectivity index (χ0n) is 17.1. The van der Waals surface area contributed by atoms with E-state index in [0.717, 1.165) is 5.56 Å². The molecular formula is C22H21FN4O4. The summed E-state index contributed by atoms with van der Waals surface area (Å²) in [5.41, 5.74) is 1.81. The summed E-state index contributed by atoms with van der Waals surface area (Å²) in [5, 5.41) is 3.32. The molecule has 0 spiro atoms. The Kier molecular flexibility index (Phi) is 5.57. The molecule has 160 valence electrons. The molecule has 2 aromatic heterocycles. The van der Waals surface area contributed by atoms with Crippen LogP contribution in [-0.4, -0.2) is 41.2 Å². The van der Waals surface area contributed by atoms with Crippen LogP contribution in [0.25, 0.3) is 21.9 Å². The molecule has 2 aromatic carbocycles. The maximum atomic E-state index is 13.5. The number of carbonyl (C=O) groups excluding carboxylic acids is 1. The standard InChI is InChI=1S/C22H21FN4O4/c1-30-17-6-3-13(9-18(17)31-2)7-8-24-19(28)11-27-12-25-20-15-10-14(23)4-5-16(15)26-21(20)22(27)29/h3-6,9-10,12,26H,7-8,11H2,1-2H3,(H,24,28). The van der Waals surface area contributed by atoms with Gasteiger partial charge in [-0.05, 0) is 42.3 Å². The zero-order chi connectivity index (χ0) is 22.0. The van der Waals surface area contributed by atoms with Gasteiger partial charge in [-0.2, -0.15) is 0 Å². The third-order valence-electron chi connectivity index (χ3n) is 5.03. The molecule has 8 nitrogen and oxygen atoms in total. The summed E-state index contributed by atoms with van der Waals surface area (Å²) in [6.45, 7) is 0.224. The van der Waals surface area contributed by atoms with Gasteiger partial charge >= 0.3 is 0 Å². The van der Waals surface area contributed by atoms with E-state index in [4.69, 9.17) is 9.47 Å². The van der Waals surface area contributed by atoms with E-state index in [2.05, 4.69) is 15.3 Å². The number of aromatic nitrogens is 3. The molecule has 0 aliphatic heterocycles. The van der Waals surface area contributed by atoms with Crippen molar-refractivity contribution in [2.75, 3.05) is 20.8 Å². The van der Waals surface area contributed by atoms with E-state index in [1.165, 1.54) is 23.0 Å². The van der Waals surface area contributed by atoms with Gasteiger partial charge in [0, 0.05) is 17.4 Å². The van der Waals surface area contributed by atoms with Crippen molar-refractivity contribution in [1.29, 1.82) is 0 Å². The molecule has 0 aliphatic carbocycles. The highest BCUT2D eigenvalue weighted by atomic mass is 19.1. The van der Waals surface area contributed by atoms with Gasteiger partial charge in [-0.15, -0.1) is 0 Å². The number of hydrogen-bond acceptors (Lipinski definition) is 5. The lowest BCUT2D eigenvalue weighted by atomic mass is 10.1. The first kappa shape index (κ1) is 20.4. The molecule has 9 heteroatoms. The van der Waals surface area contributed by atoms with Crippen LogP contribution in [0.2, 0.25) is 0 Å². The van der Waals surface area contributed by atoms with Gasteiger partial charge in [0.2, 0.25) is 5.91 Å². The van der Waals surface area contributed by atoms with Crippen LogP contribution >= 0.6 is 0 Å². The lowest BCUT2D eigenvalue weighted by Gasteiger charge is -2.10. The zero-order valence-corrected chi connectivity index (χ0v) is 17.1. The van der Waals surface area contributed by atoms with Crippen LogP contribution in [0, 0.1) is 5.82 Å². The molecule has 4 rings (SSSR count). The molecule has 0 saturated carbocycles. The number of ether oxygens (including phenoxy) is 2. The van der Waals surface area contributed by atoms with E-state index in [-0.39, 0.29) is 18.0 Å². The molecule has 1 amide bonds. The van der Waals surface area contributed by atoms with Gasteiger partial charge in [0.1, 0.15) is 23.4 Å². The molecule has 0 atom stereocenters. The molecule has 4 aromatic rings. The Morgan fingerprint density at radius 1 is 1.16 bits per heavy atom. The molecule has 0 aliphatic rings. The third-order valence-corrected chi connectivity index (χ3v) is 5.03. The van der Waals surface area contributed by atoms with Crippen molar-refractivity contribution in [1.82, 2.24) is 19.9 Å². The van der Waals surface area contributed by atoms with Crippen molar-refractivity contribution in [3.63, 3.8) is 0 Å². The first-order valence-electron chi connectivity index (χ1n) is 9.64. The van der Waals surface area contributed by atoms with Gasteiger partial charge < -0.3 is 19.8 Å². The molecule has 2 N–H and O–H groups in total. The van der Waals surface area contributed by atoms with Crippen molar-refractivity contribution in [2.24, 2.45) is 0 Å². The van der Waals surface area contributed by atoms with Crippen molar-refractivity contribution >= 4 is 27.8 Å². The molecule has 0 radical (unpaired) electrons. The number of fused-ring (bicyclic) bond motifs is 3. The first-order valence-corrected chi connectivity index (χ1v) is 9.64. The summed E-state index contributed by atoms with van der Waals surface area (Å²) in [5.74, 6) is 0.534. The topological polar surface area (TPSA) is 98.2 Å². The number of aromatic amines is 1. The second-order valence-corrected chi connectivity index (χ2v) is 7.01. The maximum Gasteiger partial charge on any atom is 0.278 e. The Morgan fingerprint density at radius 3 is 2.74 bits per heavy atom. The fourth-order valence-electron chi connectivity index (χ4n) is 3.47. The number of H-pyrrole nitrogens is 1. The molecule has 0 unspecified atom stereocenters. The van der Waals surface area contributed by atoms with E-state index in [0.29, 0.717) is 40.9 Å². The Hall–Kier alpha value is -3.88. The predicted octanol–water partition coefficient (Wildman–Crippen LogP) is 2.39. The van der Waals surface area contributed by atoms with Crippen LogP contribution < -0.4 is 20.3 Å². The molecule has 31 heavy (non-hydrogen) atoms. The number of methoxy groups -OCH3 is 2. The highest BCUT2D eigenvalue weighted by Gasteiger charge is 2.13. The fourth-order valence-corrected chi connectivity index (χ4v) is 3.47. The quantitative estimate of drug-likeness (QED) is 0.475. The van der Waals surface area contributed by atoms with Crippen LogP contribution in [0.15, 0.2) is 47.5 Å². The van der Waals surface area contributed by atoms with Gasteiger partial charge in [-0.1, -0.05) is 6.07 Å². The Morgan fingerprint density at radius 2 is 1.97 bits per heavy atom. The van der Waals surface area contributed by atoms with E-state index in [1.54, 1.807) is 20.3 Å². The van der Waals surface area contributed by atoms with Crippen LogP contribution in [0.1, 0.15) is 5.56 Å². The summed E-state index contributed by atoms with van der Waals surface area (Å²) in [7, 11) is 3.13. The minimum atomic E-state index is -0.409. The van der Waals surface area contributed by atoms with Gasteiger partial charge in [0.05, 0.1) is 20.5 Å². The van der Waals surface area contributed by atoms with Crippen LogP contribution in [0.5, 0.6) is 11.5 Å². The normalized spacial score (nSPS) is 11.1. The van der Waals surface area contributed by atoms with Gasteiger partial charge in [-0.3, -0.25) is 14.2 Å². The van der Waals surface area contributed by atoms with E-state index < -0.39 is 11.4 Å². The average molecular weight is 424 g/mol. The summed E-state index contributed by atoms with van der Waals surface area (Å²) < 4.78 is 25.2.